The van der Waals surface area contributed by atoms with Crippen LogP contribution in [-0.4, -0.2) is 58.6 Å². The molecule has 0 atom stereocenters. The first-order valence-corrected chi connectivity index (χ1v) is 13.7. The van der Waals surface area contributed by atoms with Crippen LogP contribution in [0, 0.1) is 5.82 Å². The number of nitrogens with two attached hydrogens (primary N) is 1. The first-order valence-electron chi connectivity index (χ1n) is 12.9. The number of nitrogen functional groups attached to an aromatic ring is 1. The highest BCUT2D eigenvalue weighted by atomic mass is 35.5. The van der Waals surface area contributed by atoms with Crippen LogP contribution in [-0.2, 0) is 11.3 Å². The number of hydrogen-bond donors (Lipinski definition) is 2. The number of aliphatic hydroxyl groups is 1. The van der Waals surface area contributed by atoms with Crippen molar-refractivity contribution < 1.29 is 23.8 Å². The van der Waals surface area contributed by atoms with Crippen molar-refractivity contribution in [1.29, 1.82) is 0 Å². The van der Waals surface area contributed by atoms with Crippen molar-refractivity contribution in [2.45, 2.75) is 39.2 Å². The molecular weight excluding hydrogens is 558 g/mol. The number of nitrogens with zero attached hydrogens (tertiary/aromatic N) is 3. The number of halogens is 3. The molecule has 0 unspecified atom stereocenters. The molecule has 0 spiro atoms. The number of benzene rings is 1. The fourth-order valence-electron chi connectivity index (χ4n) is 4.23. The van der Waals surface area contributed by atoms with Gasteiger partial charge < -0.3 is 20.3 Å². The summed E-state index contributed by atoms with van der Waals surface area (Å²) >= 11 is 12.3. The molecule has 1 aromatic carbocycles. The van der Waals surface area contributed by atoms with Gasteiger partial charge in [0.1, 0.15) is 23.9 Å². The zero-order chi connectivity index (χ0) is 28.9. The van der Waals surface area contributed by atoms with Crippen molar-refractivity contribution in [3.8, 4) is 22.6 Å². The Morgan fingerprint density at radius 3 is 2.42 bits per heavy atom. The fourth-order valence-corrected chi connectivity index (χ4v) is 4.79. The first kappa shape index (κ1) is 30.0. The summed E-state index contributed by atoms with van der Waals surface area (Å²) in [7, 11) is 0. The summed E-state index contributed by atoms with van der Waals surface area (Å²) in [5.41, 5.74) is 9.46. The van der Waals surface area contributed by atoms with Gasteiger partial charge >= 0.3 is 0 Å². The second kappa shape index (κ2) is 13.1. The molecule has 11 heteroatoms. The Kier molecular flexibility index (Phi) is 9.86. The third-order valence-electron chi connectivity index (χ3n) is 6.04. The fraction of sp³-hybridized carbons (Fsp3) is 0.379. The number of aromatic nitrogens is 2. The second-order valence-corrected chi connectivity index (χ2v) is 11.0. The summed E-state index contributed by atoms with van der Waals surface area (Å²) in [6.45, 7) is 7.57. The van der Waals surface area contributed by atoms with Crippen LogP contribution >= 0.6 is 23.2 Å². The first-order chi connectivity index (χ1) is 19.1. The van der Waals surface area contributed by atoms with E-state index in [0.717, 1.165) is 29.8 Å². The van der Waals surface area contributed by atoms with Gasteiger partial charge in [0.05, 0.1) is 23.8 Å². The summed E-state index contributed by atoms with van der Waals surface area (Å²) in [4.78, 5) is 15.0. The van der Waals surface area contributed by atoms with Gasteiger partial charge in [-0.1, -0.05) is 29.3 Å². The third kappa shape index (κ3) is 7.62. The molecule has 214 valence electrons. The molecule has 40 heavy (non-hydrogen) atoms. The number of rotatable bonds is 10. The molecule has 3 heterocycles. The van der Waals surface area contributed by atoms with Crippen LogP contribution in [0.4, 0.5) is 10.2 Å². The van der Waals surface area contributed by atoms with E-state index >= 15 is 0 Å². The summed E-state index contributed by atoms with van der Waals surface area (Å²) < 4.78 is 25.6. The third-order valence-corrected chi connectivity index (χ3v) is 6.81. The van der Waals surface area contributed by atoms with Gasteiger partial charge in [-0.05, 0) is 62.6 Å². The normalized spacial score (nSPS) is 14.2. The highest BCUT2D eigenvalue weighted by Gasteiger charge is 2.22. The molecule has 0 saturated carbocycles. The highest BCUT2D eigenvalue weighted by Crippen LogP contribution is 2.35. The van der Waals surface area contributed by atoms with Crippen LogP contribution in [0.15, 0.2) is 42.7 Å². The van der Waals surface area contributed by atoms with Crippen molar-refractivity contribution in [1.82, 2.24) is 15.0 Å². The molecule has 0 aliphatic carbocycles. The molecule has 3 aromatic rings. The van der Waals surface area contributed by atoms with Gasteiger partial charge in [0.2, 0.25) is 0 Å². The summed E-state index contributed by atoms with van der Waals surface area (Å²) in [6, 6.07) is 6.30. The van der Waals surface area contributed by atoms with Crippen LogP contribution in [0.3, 0.4) is 0 Å². The van der Waals surface area contributed by atoms with E-state index in [9.17, 15) is 9.50 Å². The molecule has 0 amide bonds. The largest absolute Gasteiger partial charge is 0.489 e. The van der Waals surface area contributed by atoms with E-state index in [4.69, 9.17) is 48.2 Å². The lowest BCUT2D eigenvalue weighted by atomic mass is 10.0. The van der Waals surface area contributed by atoms with E-state index < -0.39 is 5.82 Å². The SMILES string of the molecule is CC(C)(C)ON1CC=C(c2ncc(-c3cnc(N)c(OCCc4c(Cl)ccc(F)c4Cl)c3)cc2OCCO)CC1. The molecule has 0 bridgehead atoms. The lowest BCUT2D eigenvalue weighted by Gasteiger charge is -2.32. The summed E-state index contributed by atoms with van der Waals surface area (Å²) in [5, 5.41) is 11.6. The minimum Gasteiger partial charge on any atom is -0.489 e. The Hall–Kier alpha value is -2.95. The van der Waals surface area contributed by atoms with Crippen LogP contribution in [0.25, 0.3) is 16.7 Å². The van der Waals surface area contributed by atoms with Gasteiger partial charge in [-0.3, -0.25) is 9.82 Å². The van der Waals surface area contributed by atoms with Crippen LogP contribution in [0.1, 0.15) is 38.4 Å². The van der Waals surface area contributed by atoms with Crippen molar-refractivity contribution in [2.75, 3.05) is 38.6 Å². The summed E-state index contributed by atoms with van der Waals surface area (Å²) in [6.07, 6.45) is 6.46. The highest BCUT2D eigenvalue weighted by molar-refractivity contribution is 6.36. The van der Waals surface area contributed by atoms with Crippen molar-refractivity contribution in [2.24, 2.45) is 0 Å². The average molecular weight is 592 g/mol. The molecule has 2 aromatic heterocycles. The maximum absolute atomic E-state index is 13.8. The predicted octanol–water partition coefficient (Wildman–Crippen LogP) is 5.98. The van der Waals surface area contributed by atoms with E-state index in [1.165, 1.54) is 12.1 Å². The molecule has 1 aliphatic heterocycles. The Bertz CT molecular complexity index is 1380. The smallest absolute Gasteiger partial charge is 0.166 e. The molecule has 8 nitrogen and oxygen atoms in total. The number of anilines is 1. The average Bonchev–Trinajstić information content (AvgIpc) is 2.92. The second-order valence-electron chi connectivity index (χ2n) is 10.2. The Morgan fingerprint density at radius 1 is 1.05 bits per heavy atom. The Morgan fingerprint density at radius 2 is 1.75 bits per heavy atom. The molecule has 0 saturated heterocycles. The van der Waals surface area contributed by atoms with Gasteiger partial charge in [0, 0.05) is 48.1 Å². The van der Waals surface area contributed by atoms with Gasteiger partial charge in [-0.15, -0.1) is 0 Å². The van der Waals surface area contributed by atoms with E-state index in [0.29, 0.717) is 34.2 Å². The number of pyridine rings is 2. The van der Waals surface area contributed by atoms with Gasteiger partial charge in [0.25, 0.3) is 0 Å². The van der Waals surface area contributed by atoms with Crippen molar-refractivity contribution in [3.05, 3.63) is 69.9 Å². The topological polar surface area (TPSA) is 103 Å². The lowest BCUT2D eigenvalue weighted by molar-refractivity contribution is -0.223. The van der Waals surface area contributed by atoms with E-state index in [1.54, 1.807) is 18.5 Å². The number of ether oxygens (including phenoxy) is 2. The number of hydroxylamine groups is 2. The van der Waals surface area contributed by atoms with E-state index in [-0.39, 0.29) is 42.7 Å². The maximum atomic E-state index is 13.8. The van der Waals surface area contributed by atoms with Crippen LogP contribution < -0.4 is 15.2 Å². The van der Waals surface area contributed by atoms with Crippen molar-refractivity contribution in [3.63, 3.8) is 0 Å². The van der Waals surface area contributed by atoms with Crippen molar-refractivity contribution >= 4 is 34.6 Å². The standard InChI is InChI=1S/C29H33Cl2FN4O4/c1-29(2,3)40-36-9-6-18(7-10-36)27-24(39-13-11-37)14-19(16-34-27)20-15-25(28(33)35-17-20)38-12-8-21-22(30)4-5-23(32)26(21)31/h4-6,14-17,37H,7-13H2,1-3H3,(H2,33,35). The quantitative estimate of drug-likeness (QED) is 0.278. The molecular formula is C29H33Cl2FN4O4. The number of hydrogen-bond acceptors (Lipinski definition) is 8. The lowest BCUT2D eigenvalue weighted by Crippen LogP contribution is -2.36. The molecule has 0 radical (unpaired) electrons. The predicted molar refractivity (Wildman–Crippen MR) is 155 cm³/mol. The zero-order valence-corrected chi connectivity index (χ0v) is 24.2. The van der Waals surface area contributed by atoms with Gasteiger partial charge in [-0.25, -0.2) is 9.37 Å². The van der Waals surface area contributed by atoms with Gasteiger partial charge in [0.15, 0.2) is 11.6 Å². The zero-order valence-electron chi connectivity index (χ0n) is 22.7. The number of aliphatic hydroxyl groups excluding tert-OH is 1. The molecule has 4 rings (SSSR count). The summed E-state index contributed by atoms with van der Waals surface area (Å²) in [5.74, 6) is 0.574. The molecule has 0 fully saturated rings. The maximum Gasteiger partial charge on any atom is 0.166 e. The van der Waals surface area contributed by atoms with Crippen LogP contribution in [0.2, 0.25) is 10.0 Å². The molecule has 3 N–H and O–H groups in total. The van der Waals surface area contributed by atoms with E-state index in [2.05, 4.69) is 11.1 Å². The Balaban J connectivity index is 1.53. The van der Waals surface area contributed by atoms with Gasteiger partial charge in [-0.2, -0.15) is 5.06 Å². The minimum absolute atomic E-state index is 0.0277. The minimum atomic E-state index is -0.543. The Labute approximate surface area is 243 Å². The van der Waals surface area contributed by atoms with E-state index in [1.807, 2.05) is 31.9 Å². The molecule has 1 aliphatic rings. The monoisotopic (exact) mass is 590 g/mol. The van der Waals surface area contributed by atoms with Crippen LogP contribution in [0.5, 0.6) is 11.5 Å².